The molecule has 2 aromatic heterocycles. The number of likely N-dealkylation sites (N-methyl/N-ethyl adjacent to an activating group) is 2. The Hall–Kier alpha value is -6.62. The van der Waals surface area contributed by atoms with Crippen molar-refractivity contribution in [1.82, 2.24) is 40.0 Å². The summed E-state index contributed by atoms with van der Waals surface area (Å²) in [5.41, 5.74) is 10.6. The minimum atomic E-state index is -0.318. The maximum absolute atomic E-state index is 14.8. The van der Waals surface area contributed by atoms with E-state index in [1.807, 2.05) is 36.4 Å². The quantitative estimate of drug-likeness (QED) is 0.0838. The van der Waals surface area contributed by atoms with Crippen LogP contribution in [0.4, 0.5) is 0 Å². The summed E-state index contributed by atoms with van der Waals surface area (Å²) in [4.78, 5) is 52.4. The van der Waals surface area contributed by atoms with Crippen molar-refractivity contribution in [2.24, 2.45) is 17.8 Å². The Bertz CT molecular complexity index is 3140. The molecule has 11 rings (SSSR count). The van der Waals surface area contributed by atoms with Crippen molar-refractivity contribution < 1.29 is 9.59 Å². The molecule has 3 N–H and O–H groups in total. The molecule has 0 spiro atoms. The molecule has 2 aliphatic carbocycles. The van der Waals surface area contributed by atoms with Gasteiger partial charge in [0.25, 0.3) is 0 Å². The number of benzene rings is 6. The number of H-pyrrole nitrogens is 2. The molecule has 8 atom stereocenters. The van der Waals surface area contributed by atoms with Crippen LogP contribution in [0.3, 0.4) is 0 Å². The van der Waals surface area contributed by atoms with Gasteiger partial charge in [-0.15, -0.1) is 0 Å². The third-order valence-corrected chi connectivity index (χ3v) is 15.8. The molecule has 10 heteroatoms. The van der Waals surface area contributed by atoms with Gasteiger partial charge in [0.1, 0.15) is 23.7 Å². The second kappa shape index (κ2) is 18.7. The molecule has 6 aromatic carbocycles. The molecule has 0 radical (unpaired) electrons. The summed E-state index contributed by atoms with van der Waals surface area (Å²) in [6.07, 6.45) is 3.78. The zero-order chi connectivity index (χ0) is 47.3. The number of piperidine rings is 1. The van der Waals surface area contributed by atoms with E-state index >= 15 is 0 Å². The topological polar surface area (TPSA) is 113 Å². The Morgan fingerprint density at radius 2 is 1.19 bits per heavy atom. The van der Waals surface area contributed by atoms with Crippen molar-refractivity contribution in [2.75, 3.05) is 26.2 Å². The molecule has 69 heavy (non-hydrogen) atoms. The number of nitrogens with zero attached hydrogens (tertiary/aromatic N) is 5. The van der Waals surface area contributed by atoms with Gasteiger partial charge in [-0.25, -0.2) is 9.97 Å². The first-order valence-electron chi connectivity index (χ1n) is 25.5. The predicted molar refractivity (Wildman–Crippen MR) is 277 cm³/mol. The minimum absolute atomic E-state index is 0.0771. The molecular weight excluding hydrogens is 853 g/mol. The molecule has 8 aromatic rings. The first-order valence-corrected chi connectivity index (χ1v) is 25.5. The summed E-state index contributed by atoms with van der Waals surface area (Å²) in [6, 6.07) is 46.6. The lowest BCUT2D eigenvalue weighted by Crippen LogP contribution is -2.45. The van der Waals surface area contributed by atoms with Crippen molar-refractivity contribution in [3.05, 3.63) is 156 Å². The number of carbonyl (C=O) groups excluding carboxylic acids is 2. The van der Waals surface area contributed by atoms with Crippen LogP contribution in [-0.2, 0) is 16.0 Å². The summed E-state index contributed by atoms with van der Waals surface area (Å²) in [5.74, 6) is 3.63. The molecule has 2 saturated carbocycles. The fourth-order valence-electron chi connectivity index (χ4n) is 11.7. The third kappa shape index (κ3) is 8.63. The largest absolute Gasteiger partial charge is 0.351 e. The molecule has 1 saturated heterocycles. The molecule has 3 heterocycles. The van der Waals surface area contributed by atoms with Crippen LogP contribution < -0.4 is 5.32 Å². The van der Waals surface area contributed by atoms with Crippen LogP contribution in [0.2, 0.25) is 0 Å². The average Bonchev–Trinajstić information content (AvgIpc) is 3.98. The zero-order valence-electron chi connectivity index (χ0n) is 40.5. The number of imidazole rings is 2. The van der Waals surface area contributed by atoms with Gasteiger partial charge in [-0.05, 0) is 144 Å². The van der Waals surface area contributed by atoms with Crippen molar-refractivity contribution in [3.8, 4) is 22.3 Å². The van der Waals surface area contributed by atoms with Gasteiger partial charge >= 0.3 is 0 Å². The van der Waals surface area contributed by atoms with E-state index in [1.165, 1.54) is 10.8 Å². The first-order chi connectivity index (χ1) is 33.7. The average molecular weight is 917 g/mol. The molecule has 8 unspecified atom stereocenters. The number of nitrogens with one attached hydrogen (secondary N) is 3. The van der Waals surface area contributed by atoms with Crippen LogP contribution in [0.5, 0.6) is 0 Å². The van der Waals surface area contributed by atoms with Crippen molar-refractivity contribution in [1.29, 1.82) is 0 Å². The van der Waals surface area contributed by atoms with E-state index < -0.39 is 0 Å². The highest BCUT2D eigenvalue weighted by molar-refractivity contribution is 5.93. The Morgan fingerprint density at radius 3 is 1.80 bits per heavy atom. The Morgan fingerprint density at radius 1 is 0.652 bits per heavy atom. The monoisotopic (exact) mass is 917 g/mol. The normalized spacial score (nSPS) is 21.6. The number of hydrogen-bond donors (Lipinski definition) is 3. The van der Waals surface area contributed by atoms with Crippen LogP contribution in [0.25, 0.3) is 55.1 Å². The maximum Gasteiger partial charge on any atom is 0.245 e. The summed E-state index contributed by atoms with van der Waals surface area (Å²) in [7, 11) is 0. The van der Waals surface area contributed by atoms with E-state index in [0.717, 1.165) is 119 Å². The number of aromatic nitrogens is 4. The van der Waals surface area contributed by atoms with E-state index in [4.69, 9.17) is 9.97 Å². The number of amides is 2. The van der Waals surface area contributed by atoms with Crippen LogP contribution in [0.1, 0.15) is 94.8 Å². The van der Waals surface area contributed by atoms with Crippen LogP contribution >= 0.6 is 0 Å². The number of aryl methyl sites for hydroxylation is 1. The Kier molecular flexibility index (Phi) is 12.2. The van der Waals surface area contributed by atoms with Crippen molar-refractivity contribution in [3.63, 3.8) is 0 Å². The van der Waals surface area contributed by atoms with Crippen LogP contribution in [-0.4, -0.2) is 84.7 Å². The highest BCUT2D eigenvalue weighted by Crippen LogP contribution is 2.58. The summed E-state index contributed by atoms with van der Waals surface area (Å²) >= 11 is 0. The fraction of sp³-hybridized carbons (Fsp3) is 0.356. The SMILES string of the molecule is CCN(CC)C(C(=O)NC1CC1CCc1nc2ccc(-c3ccc4cc(-c5ccc6nc(C7CC8C(C)C8N7C(=O)C(c7ccccc7)N(CC)CC)[nH]c6c5)ccc4c3)cc2[nH]1)c1ccccc1. The second-order valence-electron chi connectivity index (χ2n) is 19.8. The highest BCUT2D eigenvalue weighted by Gasteiger charge is 2.61. The van der Waals surface area contributed by atoms with Crippen LogP contribution in [0.15, 0.2) is 133 Å². The summed E-state index contributed by atoms with van der Waals surface area (Å²) < 4.78 is 0. The molecule has 0 bridgehead atoms. The van der Waals surface area contributed by atoms with Gasteiger partial charge in [-0.2, -0.15) is 0 Å². The molecule has 10 nitrogen and oxygen atoms in total. The van der Waals surface area contributed by atoms with Crippen molar-refractivity contribution in [2.45, 2.75) is 90.5 Å². The zero-order valence-corrected chi connectivity index (χ0v) is 40.5. The molecule has 3 aliphatic rings. The number of likely N-dealkylation sites (tertiary alicyclic amines) is 1. The van der Waals surface area contributed by atoms with Gasteiger partial charge in [0.15, 0.2) is 0 Å². The lowest BCUT2D eigenvalue weighted by Gasteiger charge is -2.36. The van der Waals surface area contributed by atoms with E-state index in [9.17, 15) is 9.59 Å². The first kappa shape index (κ1) is 44.9. The fourth-order valence-corrected chi connectivity index (χ4v) is 11.7. The molecule has 1 aliphatic heterocycles. The second-order valence-corrected chi connectivity index (χ2v) is 19.8. The van der Waals surface area contributed by atoms with E-state index in [0.29, 0.717) is 17.8 Å². The Balaban J connectivity index is 0.757. The molecule has 352 valence electrons. The lowest BCUT2D eigenvalue weighted by atomic mass is 9.97. The van der Waals surface area contributed by atoms with Gasteiger partial charge < -0.3 is 20.2 Å². The molecule has 2 amide bonds. The maximum atomic E-state index is 14.8. The van der Waals surface area contributed by atoms with Crippen molar-refractivity contribution >= 4 is 44.7 Å². The van der Waals surface area contributed by atoms with E-state index in [-0.39, 0.29) is 42.0 Å². The number of fused-ring (bicyclic) bond motifs is 4. The highest BCUT2D eigenvalue weighted by atomic mass is 16.2. The Labute approximate surface area is 405 Å². The lowest BCUT2D eigenvalue weighted by molar-refractivity contribution is -0.140. The van der Waals surface area contributed by atoms with Gasteiger partial charge in [0.2, 0.25) is 11.8 Å². The van der Waals surface area contributed by atoms with E-state index in [1.54, 1.807) is 0 Å². The summed E-state index contributed by atoms with van der Waals surface area (Å²) in [6.45, 7) is 14.1. The smallest absolute Gasteiger partial charge is 0.245 e. The van der Waals surface area contributed by atoms with Gasteiger partial charge in [0.05, 0.1) is 28.1 Å². The van der Waals surface area contributed by atoms with Crippen LogP contribution in [0, 0.1) is 17.8 Å². The number of carbonyl (C=O) groups is 2. The summed E-state index contributed by atoms with van der Waals surface area (Å²) in [5, 5.41) is 5.74. The number of hydrogen-bond acceptors (Lipinski definition) is 6. The van der Waals surface area contributed by atoms with Gasteiger partial charge in [0, 0.05) is 18.5 Å². The third-order valence-electron chi connectivity index (χ3n) is 15.8. The number of aromatic amines is 2. The number of rotatable bonds is 17. The van der Waals surface area contributed by atoms with E-state index in [2.05, 4.69) is 162 Å². The molecule has 3 fully saturated rings. The van der Waals surface area contributed by atoms with Gasteiger partial charge in [-0.3, -0.25) is 19.4 Å². The standard InChI is InChI=1S/C59H64N8O2/c1-6-65(7-2)55(37-16-12-10-13-17-37)58(68)64-49-34-45(49)26-29-53-60-47-27-24-43(32-50(47)61-53)41-22-20-40-31-42(23-21-39(40)30-41)44-25-28-48-51(33-44)63-57(62-48)52-35-46-36(5)54(46)67(52)59(69)56(66(8-3)9-4)38-18-14-11-15-19-38/h10-25,27-28,30-33,36,45-46,49,52,54-56H,6-9,26,29,34-35H2,1-5H3,(H,60,61)(H,62,63)(H,64,68). The minimum Gasteiger partial charge on any atom is -0.351 e. The molecular formula is C59H64N8O2. The van der Waals surface area contributed by atoms with Gasteiger partial charge in [-0.1, -0.05) is 132 Å². The predicted octanol–water partition coefficient (Wildman–Crippen LogP) is 11.4.